The summed E-state index contributed by atoms with van der Waals surface area (Å²) in [6.45, 7) is 3.62. The van der Waals surface area contributed by atoms with Crippen LogP contribution in [0.15, 0.2) is 11.6 Å². The Labute approximate surface area is 143 Å². The number of fused-ring (bicyclic) bond motifs is 5. The van der Waals surface area contributed by atoms with Crippen LogP contribution in [0, 0.1) is 23.2 Å². The Morgan fingerprint density at radius 2 is 1.88 bits per heavy atom. The van der Waals surface area contributed by atoms with Crippen molar-refractivity contribution in [2.24, 2.45) is 23.2 Å². The zero-order valence-electron chi connectivity index (χ0n) is 14.6. The molecule has 0 N–H and O–H groups in total. The topological polar surface area (TPSA) is 60.4 Å². The second kappa shape index (κ2) is 5.27. The Morgan fingerprint density at radius 3 is 2.62 bits per heavy atom. The van der Waals surface area contributed by atoms with Gasteiger partial charge < -0.3 is 4.74 Å². The van der Waals surface area contributed by atoms with Gasteiger partial charge >= 0.3 is 5.97 Å². The highest BCUT2D eigenvalue weighted by molar-refractivity contribution is 5.92. The van der Waals surface area contributed by atoms with Crippen LogP contribution in [0.3, 0.4) is 0 Å². The number of ether oxygens (including phenoxy) is 1. The monoisotopic (exact) mass is 330 g/mol. The van der Waals surface area contributed by atoms with Gasteiger partial charge in [-0.15, -0.1) is 0 Å². The Bertz CT molecular complexity index is 648. The van der Waals surface area contributed by atoms with Gasteiger partial charge in [0.05, 0.1) is 0 Å². The summed E-state index contributed by atoms with van der Waals surface area (Å²) >= 11 is 0. The highest BCUT2D eigenvalue weighted by atomic mass is 16.6. The van der Waals surface area contributed by atoms with Crippen molar-refractivity contribution in [1.29, 1.82) is 0 Å². The van der Waals surface area contributed by atoms with E-state index in [0.29, 0.717) is 36.9 Å². The lowest BCUT2D eigenvalue weighted by atomic mass is 9.50. The molecule has 0 aromatic heterocycles. The first-order valence-electron chi connectivity index (χ1n) is 9.33. The van der Waals surface area contributed by atoms with Gasteiger partial charge in [-0.05, 0) is 62.0 Å². The van der Waals surface area contributed by atoms with E-state index in [0.717, 1.165) is 37.7 Å². The first-order chi connectivity index (χ1) is 11.4. The van der Waals surface area contributed by atoms with E-state index in [2.05, 4.69) is 6.92 Å². The lowest BCUT2D eigenvalue weighted by molar-refractivity contribution is -0.175. The molecule has 0 aromatic rings. The number of hydrogen-bond donors (Lipinski definition) is 0. The number of ketones is 2. The maximum atomic E-state index is 12.4. The number of Topliss-reactive ketones (excluding diaryl/α,β-unsaturated/α-hetero) is 1. The molecule has 4 rings (SSSR count). The summed E-state index contributed by atoms with van der Waals surface area (Å²) in [5, 5.41) is 0. The van der Waals surface area contributed by atoms with Crippen LogP contribution in [0.1, 0.15) is 65.2 Å². The minimum atomic E-state index is -0.588. The number of carbonyl (C=O) groups is 3. The smallest absolute Gasteiger partial charge is 0.303 e. The Morgan fingerprint density at radius 1 is 1.08 bits per heavy atom. The molecule has 24 heavy (non-hydrogen) atoms. The van der Waals surface area contributed by atoms with Crippen molar-refractivity contribution in [3.8, 4) is 0 Å². The van der Waals surface area contributed by atoms with Gasteiger partial charge in [0.1, 0.15) is 11.4 Å². The molecular formula is C20H26O4. The maximum Gasteiger partial charge on any atom is 0.303 e. The molecule has 0 amide bonds. The molecule has 4 nitrogen and oxygen atoms in total. The maximum absolute atomic E-state index is 12.4. The summed E-state index contributed by atoms with van der Waals surface area (Å²) in [6, 6.07) is 0. The summed E-state index contributed by atoms with van der Waals surface area (Å²) in [7, 11) is 0. The molecule has 0 radical (unpaired) electrons. The minimum Gasteiger partial charge on any atom is -0.454 e. The van der Waals surface area contributed by atoms with Gasteiger partial charge in [-0.2, -0.15) is 0 Å². The summed E-state index contributed by atoms with van der Waals surface area (Å²) in [5.41, 5.74) is 0.267. The molecule has 0 aliphatic heterocycles. The average molecular weight is 330 g/mol. The predicted octanol–water partition coefficient (Wildman–Crippen LogP) is 3.38. The van der Waals surface area contributed by atoms with E-state index in [1.807, 2.05) is 0 Å². The van der Waals surface area contributed by atoms with Crippen molar-refractivity contribution in [2.45, 2.75) is 70.8 Å². The van der Waals surface area contributed by atoms with Crippen molar-refractivity contribution in [3.05, 3.63) is 11.6 Å². The van der Waals surface area contributed by atoms with Crippen LogP contribution in [0.4, 0.5) is 0 Å². The van der Waals surface area contributed by atoms with Crippen LogP contribution in [0.25, 0.3) is 0 Å². The molecule has 3 saturated carbocycles. The summed E-state index contributed by atoms with van der Waals surface area (Å²) in [4.78, 5) is 36.2. The van der Waals surface area contributed by atoms with Gasteiger partial charge in [-0.25, -0.2) is 0 Å². The fourth-order valence-corrected chi connectivity index (χ4v) is 6.38. The quantitative estimate of drug-likeness (QED) is 0.692. The molecule has 0 aromatic carbocycles. The van der Waals surface area contributed by atoms with Crippen molar-refractivity contribution in [2.75, 3.05) is 0 Å². The number of esters is 1. The van der Waals surface area contributed by atoms with Gasteiger partial charge in [0, 0.05) is 31.1 Å². The van der Waals surface area contributed by atoms with E-state index in [-0.39, 0.29) is 23.1 Å². The Hall–Kier alpha value is -1.45. The molecule has 4 aliphatic rings. The molecule has 3 fully saturated rings. The molecule has 4 heteroatoms. The van der Waals surface area contributed by atoms with E-state index < -0.39 is 5.60 Å². The molecular weight excluding hydrogens is 304 g/mol. The second-order valence-electron chi connectivity index (χ2n) is 8.45. The van der Waals surface area contributed by atoms with Crippen LogP contribution in [-0.4, -0.2) is 23.1 Å². The third-order valence-corrected chi connectivity index (χ3v) is 7.44. The van der Waals surface area contributed by atoms with Crippen molar-refractivity contribution in [1.82, 2.24) is 0 Å². The second-order valence-corrected chi connectivity index (χ2v) is 8.45. The molecule has 0 saturated heterocycles. The largest absolute Gasteiger partial charge is 0.454 e. The number of hydrogen-bond acceptors (Lipinski definition) is 4. The van der Waals surface area contributed by atoms with E-state index in [4.69, 9.17) is 4.74 Å². The van der Waals surface area contributed by atoms with Crippen molar-refractivity contribution in [3.63, 3.8) is 0 Å². The molecule has 0 heterocycles. The van der Waals surface area contributed by atoms with Crippen LogP contribution < -0.4 is 0 Å². The van der Waals surface area contributed by atoms with Crippen molar-refractivity contribution >= 4 is 17.5 Å². The minimum absolute atomic E-state index is 0.155. The fourth-order valence-electron chi connectivity index (χ4n) is 6.38. The molecule has 0 bridgehead atoms. The lowest BCUT2D eigenvalue weighted by Gasteiger charge is -2.56. The molecule has 5 atom stereocenters. The molecule has 0 spiro atoms. The van der Waals surface area contributed by atoms with Gasteiger partial charge in [0.2, 0.25) is 0 Å². The third kappa shape index (κ3) is 2.07. The highest BCUT2D eigenvalue weighted by Gasteiger charge is 2.61. The van der Waals surface area contributed by atoms with Crippen LogP contribution in [0.2, 0.25) is 0 Å². The molecule has 130 valence electrons. The van der Waals surface area contributed by atoms with Gasteiger partial charge in [-0.1, -0.05) is 6.92 Å². The van der Waals surface area contributed by atoms with E-state index in [9.17, 15) is 14.4 Å². The number of rotatable bonds is 1. The third-order valence-electron chi connectivity index (χ3n) is 7.44. The normalized spacial score (nSPS) is 44.2. The SMILES string of the molecule is CC(=O)O[C@]12CCC(=O)C=C1CC[C@H]1[C@H]2CC[C@@]2(C)C(=O)CC[C@@H]12. The fraction of sp³-hybridized carbons (Fsp3) is 0.750. The average Bonchev–Trinajstić information content (AvgIpc) is 2.83. The Kier molecular flexibility index (Phi) is 3.52. The van der Waals surface area contributed by atoms with Crippen LogP contribution in [-0.2, 0) is 19.1 Å². The van der Waals surface area contributed by atoms with Gasteiger partial charge in [0.25, 0.3) is 0 Å². The Balaban J connectivity index is 1.74. The standard InChI is InChI=1S/C20H26O4/c1-12(21)24-20-10-7-14(22)11-13(20)3-4-15-16-5-6-18(23)19(16,2)9-8-17(15)20/h11,15-17H,3-10H2,1-2H3/t15-,16+,17-,19-,20-/m1/s1. The van der Waals surface area contributed by atoms with E-state index >= 15 is 0 Å². The molecule has 4 aliphatic carbocycles. The lowest BCUT2D eigenvalue weighted by Crippen LogP contribution is -2.57. The zero-order valence-corrected chi connectivity index (χ0v) is 14.6. The predicted molar refractivity (Wildman–Crippen MR) is 88.1 cm³/mol. The van der Waals surface area contributed by atoms with Gasteiger partial charge in [-0.3, -0.25) is 14.4 Å². The van der Waals surface area contributed by atoms with Gasteiger partial charge in [0.15, 0.2) is 5.78 Å². The van der Waals surface area contributed by atoms with E-state index in [1.54, 1.807) is 6.08 Å². The summed E-state index contributed by atoms with van der Waals surface area (Å²) in [5.74, 6) is 1.43. The number of carbonyl (C=O) groups excluding carboxylic acids is 3. The first-order valence-corrected chi connectivity index (χ1v) is 9.33. The highest BCUT2D eigenvalue weighted by Crippen LogP contribution is 2.62. The summed E-state index contributed by atoms with van der Waals surface area (Å²) in [6.07, 6.45) is 8.15. The van der Waals surface area contributed by atoms with Crippen molar-refractivity contribution < 1.29 is 19.1 Å². The van der Waals surface area contributed by atoms with E-state index in [1.165, 1.54) is 6.92 Å². The zero-order chi connectivity index (χ0) is 17.1. The first kappa shape index (κ1) is 16.0. The van der Waals surface area contributed by atoms with Crippen LogP contribution >= 0.6 is 0 Å². The summed E-state index contributed by atoms with van der Waals surface area (Å²) < 4.78 is 5.96. The molecule has 0 unspecified atom stereocenters. The van der Waals surface area contributed by atoms with Crippen LogP contribution in [0.5, 0.6) is 0 Å².